The molecule has 3 N–H and O–H groups in total. The lowest BCUT2D eigenvalue weighted by Crippen LogP contribution is -2.43. The summed E-state index contributed by atoms with van der Waals surface area (Å²) in [7, 11) is 2.08. The lowest BCUT2D eigenvalue weighted by atomic mass is 9.90. The Balaban J connectivity index is 1.59. The summed E-state index contributed by atoms with van der Waals surface area (Å²) >= 11 is 0. The quantitative estimate of drug-likeness (QED) is 0.418. The topological polar surface area (TPSA) is 68.0 Å². The summed E-state index contributed by atoms with van der Waals surface area (Å²) in [4.78, 5) is 2.22. The molecule has 4 atom stereocenters. The molecule has 0 amide bonds. The van der Waals surface area contributed by atoms with E-state index in [0.29, 0.717) is 6.54 Å². The van der Waals surface area contributed by atoms with Gasteiger partial charge in [0.25, 0.3) is 0 Å². The van der Waals surface area contributed by atoms with E-state index >= 15 is 0 Å². The van der Waals surface area contributed by atoms with Crippen molar-refractivity contribution in [1.82, 2.24) is 4.90 Å². The summed E-state index contributed by atoms with van der Waals surface area (Å²) in [6.45, 7) is 8.18. The van der Waals surface area contributed by atoms with Gasteiger partial charge in [-0.2, -0.15) is 0 Å². The van der Waals surface area contributed by atoms with E-state index in [1.165, 1.54) is 0 Å². The summed E-state index contributed by atoms with van der Waals surface area (Å²) in [5.74, 6) is 0.150. The SMILES string of the molecule is C=CCN(C)CC1OC(c2ccc(-c3cccc(CN)c3)cc2)OC(c2ccc(CO)cc2)C1C. The predicted octanol–water partition coefficient (Wildman–Crippen LogP) is 5.21. The van der Waals surface area contributed by atoms with Crippen molar-refractivity contribution < 1.29 is 14.6 Å². The molecule has 4 unspecified atom stereocenters. The van der Waals surface area contributed by atoms with E-state index < -0.39 is 6.29 Å². The van der Waals surface area contributed by atoms with E-state index in [1.54, 1.807) is 0 Å². The maximum Gasteiger partial charge on any atom is 0.184 e. The largest absolute Gasteiger partial charge is 0.392 e. The third-order valence-electron chi connectivity index (χ3n) is 6.73. The van der Waals surface area contributed by atoms with Gasteiger partial charge in [0, 0.05) is 31.1 Å². The molecule has 0 spiro atoms. The Hall–Kier alpha value is -2.80. The summed E-state index contributed by atoms with van der Waals surface area (Å²) in [5, 5.41) is 9.44. The van der Waals surface area contributed by atoms with Crippen LogP contribution in [0.2, 0.25) is 0 Å². The second-order valence-electron chi connectivity index (χ2n) is 9.36. The summed E-state index contributed by atoms with van der Waals surface area (Å²) in [6.07, 6.45) is 1.30. The number of aliphatic hydroxyl groups excluding tert-OH is 1. The highest BCUT2D eigenvalue weighted by Gasteiger charge is 2.38. The van der Waals surface area contributed by atoms with Crippen LogP contribution in [-0.2, 0) is 22.6 Å². The number of rotatable bonds is 9. The number of aliphatic hydroxyl groups is 1. The second-order valence-corrected chi connectivity index (χ2v) is 9.36. The van der Waals surface area contributed by atoms with Crippen LogP contribution in [-0.4, -0.2) is 36.2 Å². The van der Waals surface area contributed by atoms with E-state index in [-0.39, 0.29) is 24.7 Å². The van der Waals surface area contributed by atoms with Gasteiger partial charge in [-0.05, 0) is 40.9 Å². The first-order chi connectivity index (χ1) is 17.0. The number of nitrogens with zero attached hydrogens (tertiary/aromatic N) is 1. The first-order valence-electron chi connectivity index (χ1n) is 12.2. The number of hydrogen-bond donors (Lipinski definition) is 2. The van der Waals surface area contributed by atoms with Crippen LogP contribution in [0.3, 0.4) is 0 Å². The van der Waals surface area contributed by atoms with Gasteiger partial charge in [-0.1, -0.05) is 79.7 Å². The van der Waals surface area contributed by atoms with E-state index in [9.17, 15) is 5.11 Å². The molecule has 5 heteroatoms. The maximum absolute atomic E-state index is 9.44. The predicted molar refractivity (Wildman–Crippen MR) is 140 cm³/mol. The number of hydrogen-bond acceptors (Lipinski definition) is 5. The third kappa shape index (κ3) is 6.07. The molecule has 0 aliphatic carbocycles. The van der Waals surface area contributed by atoms with Gasteiger partial charge >= 0.3 is 0 Å². The number of benzene rings is 3. The number of nitrogens with two attached hydrogens (primary N) is 1. The molecule has 184 valence electrons. The van der Waals surface area contributed by atoms with Gasteiger partial charge < -0.3 is 25.2 Å². The highest BCUT2D eigenvalue weighted by atomic mass is 16.7. The molecule has 35 heavy (non-hydrogen) atoms. The molecular weight excluding hydrogens is 436 g/mol. The summed E-state index contributed by atoms with van der Waals surface area (Å²) in [6, 6.07) is 24.7. The minimum Gasteiger partial charge on any atom is -0.392 e. The Morgan fingerprint density at radius 3 is 2.31 bits per heavy atom. The van der Waals surface area contributed by atoms with Gasteiger partial charge in [0.1, 0.15) is 0 Å². The van der Waals surface area contributed by atoms with Crippen LogP contribution in [0.4, 0.5) is 0 Å². The van der Waals surface area contributed by atoms with Crippen molar-refractivity contribution in [2.75, 3.05) is 20.1 Å². The molecule has 1 aliphatic heterocycles. The first kappa shape index (κ1) is 25.3. The molecule has 0 radical (unpaired) electrons. The van der Waals surface area contributed by atoms with Crippen LogP contribution < -0.4 is 5.73 Å². The molecular formula is C30H36N2O3. The van der Waals surface area contributed by atoms with Crippen molar-refractivity contribution in [3.63, 3.8) is 0 Å². The van der Waals surface area contributed by atoms with Crippen molar-refractivity contribution in [3.8, 4) is 11.1 Å². The number of likely N-dealkylation sites (N-methyl/N-ethyl adjacent to an activating group) is 1. The average Bonchev–Trinajstić information content (AvgIpc) is 2.90. The van der Waals surface area contributed by atoms with Crippen LogP contribution >= 0.6 is 0 Å². The van der Waals surface area contributed by atoms with Crippen LogP contribution in [0, 0.1) is 5.92 Å². The molecule has 1 aliphatic rings. The Morgan fingerprint density at radius 2 is 1.66 bits per heavy atom. The Bertz CT molecular complexity index is 1100. The monoisotopic (exact) mass is 472 g/mol. The Morgan fingerprint density at radius 1 is 0.943 bits per heavy atom. The minimum absolute atomic E-state index is 0.0119. The molecule has 1 heterocycles. The van der Waals surface area contributed by atoms with E-state index in [4.69, 9.17) is 15.2 Å². The van der Waals surface area contributed by atoms with Crippen LogP contribution in [0.1, 0.15) is 41.6 Å². The van der Waals surface area contributed by atoms with Crippen molar-refractivity contribution in [3.05, 3.63) is 108 Å². The molecule has 5 nitrogen and oxygen atoms in total. The van der Waals surface area contributed by atoms with Gasteiger partial charge in [-0.25, -0.2) is 0 Å². The third-order valence-corrected chi connectivity index (χ3v) is 6.73. The van der Waals surface area contributed by atoms with Crippen LogP contribution in [0.5, 0.6) is 0 Å². The van der Waals surface area contributed by atoms with Crippen molar-refractivity contribution in [2.45, 2.75) is 38.6 Å². The Labute approximate surface area is 208 Å². The molecule has 0 saturated carbocycles. The maximum atomic E-state index is 9.44. The minimum atomic E-state index is -0.472. The molecule has 3 aromatic carbocycles. The summed E-state index contributed by atoms with van der Waals surface area (Å²) < 4.78 is 13.1. The fourth-order valence-electron chi connectivity index (χ4n) is 4.64. The highest BCUT2D eigenvalue weighted by molar-refractivity contribution is 5.64. The second kappa shape index (κ2) is 11.8. The molecule has 0 bridgehead atoms. The van der Waals surface area contributed by atoms with Gasteiger partial charge in [0.2, 0.25) is 0 Å². The van der Waals surface area contributed by atoms with Gasteiger partial charge in [0.15, 0.2) is 6.29 Å². The van der Waals surface area contributed by atoms with Crippen molar-refractivity contribution >= 4 is 0 Å². The molecule has 4 rings (SSSR count). The Kier molecular flexibility index (Phi) is 8.50. The average molecular weight is 473 g/mol. The zero-order valence-corrected chi connectivity index (χ0v) is 20.6. The lowest BCUT2D eigenvalue weighted by Gasteiger charge is -2.42. The van der Waals surface area contributed by atoms with E-state index in [2.05, 4.69) is 61.8 Å². The van der Waals surface area contributed by atoms with Gasteiger partial charge in [-0.15, -0.1) is 6.58 Å². The fraction of sp³-hybridized carbons (Fsp3) is 0.333. The van der Waals surface area contributed by atoms with Crippen LogP contribution in [0.25, 0.3) is 11.1 Å². The summed E-state index contributed by atoms with van der Waals surface area (Å²) in [5.41, 5.74) is 12.2. The fourth-order valence-corrected chi connectivity index (χ4v) is 4.64. The molecule has 3 aromatic rings. The highest BCUT2D eigenvalue weighted by Crippen LogP contribution is 2.42. The van der Waals surface area contributed by atoms with E-state index in [1.807, 2.05) is 42.5 Å². The zero-order valence-electron chi connectivity index (χ0n) is 20.6. The first-order valence-corrected chi connectivity index (χ1v) is 12.2. The van der Waals surface area contributed by atoms with Gasteiger partial charge in [0.05, 0.1) is 18.8 Å². The van der Waals surface area contributed by atoms with Crippen LogP contribution in [0.15, 0.2) is 85.5 Å². The van der Waals surface area contributed by atoms with E-state index in [0.717, 1.165) is 46.5 Å². The zero-order chi connectivity index (χ0) is 24.8. The molecule has 1 saturated heterocycles. The molecule has 0 aromatic heterocycles. The number of ether oxygens (including phenoxy) is 2. The normalized spacial score (nSPS) is 22.3. The standard InChI is InChI=1S/C30H36N2O3/c1-4-16-32(3)19-28-21(2)29(25-10-8-22(20-33)9-11-25)35-30(34-28)26-14-12-24(13-15-26)27-7-5-6-23(17-27)18-31/h4-15,17,21,28-30,33H,1,16,18-20,31H2,2-3H3. The van der Waals surface area contributed by atoms with Crippen molar-refractivity contribution in [1.29, 1.82) is 0 Å². The van der Waals surface area contributed by atoms with Gasteiger partial charge in [-0.3, -0.25) is 0 Å². The molecule has 1 fully saturated rings. The lowest BCUT2D eigenvalue weighted by molar-refractivity contribution is -0.275. The smallest absolute Gasteiger partial charge is 0.184 e. The van der Waals surface area contributed by atoms with Crippen molar-refractivity contribution in [2.24, 2.45) is 11.7 Å².